The van der Waals surface area contributed by atoms with E-state index < -0.39 is 17.1 Å². The summed E-state index contributed by atoms with van der Waals surface area (Å²) in [5.74, 6) is -0.429. The normalized spacial score (nSPS) is 19.3. The minimum atomic E-state index is -0.656. The van der Waals surface area contributed by atoms with Gasteiger partial charge in [-0.3, -0.25) is 18.7 Å². The predicted octanol–water partition coefficient (Wildman–Crippen LogP) is 2.70. The molecule has 172 valence electrons. The zero-order valence-electron chi connectivity index (χ0n) is 19.2. The summed E-state index contributed by atoms with van der Waals surface area (Å²) in [5, 5.41) is 10.8. The van der Waals surface area contributed by atoms with Gasteiger partial charge in [-0.2, -0.15) is 0 Å². The van der Waals surface area contributed by atoms with Crippen molar-refractivity contribution in [1.29, 1.82) is 0 Å². The van der Waals surface area contributed by atoms with Gasteiger partial charge in [-0.05, 0) is 57.7 Å². The summed E-state index contributed by atoms with van der Waals surface area (Å²) in [6.45, 7) is 6.03. The molecule has 2 aromatic rings. The van der Waals surface area contributed by atoms with E-state index in [0.717, 1.165) is 45.7 Å². The fourth-order valence-electron chi connectivity index (χ4n) is 4.11. The molecule has 1 amide bonds. The lowest BCUT2D eigenvalue weighted by molar-refractivity contribution is -0.134. The number of aromatic hydroxyl groups is 1. The summed E-state index contributed by atoms with van der Waals surface area (Å²) in [7, 11) is 2.74. The second-order valence-electron chi connectivity index (χ2n) is 8.38. The zero-order valence-corrected chi connectivity index (χ0v) is 20.0. The Bertz CT molecular complexity index is 1160. The smallest absolute Gasteiger partial charge is 0.333 e. The van der Waals surface area contributed by atoms with Crippen molar-refractivity contribution in [3.63, 3.8) is 0 Å². The van der Waals surface area contributed by atoms with E-state index in [-0.39, 0.29) is 34.4 Å². The van der Waals surface area contributed by atoms with Gasteiger partial charge < -0.3 is 10.0 Å². The number of aliphatic imine (C=N–C) groups is 1. The molecule has 0 bridgehead atoms. The van der Waals surface area contributed by atoms with E-state index in [1.54, 1.807) is 6.07 Å². The van der Waals surface area contributed by atoms with Crippen LogP contribution in [0.3, 0.4) is 0 Å². The zero-order chi connectivity index (χ0) is 23.6. The van der Waals surface area contributed by atoms with Crippen LogP contribution in [0.5, 0.6) is 5.88 Å². The molecule has 3 rings (SSSR count). The molecule has 0 saturated carbocycles. The topological polar surface area (TPSA) is 96.9 Å². The first-order valence-electron chi connectivity index (χ1n) is 10.7. The molecule has 1 N–H and O–H groups in total. The highest BCUT2D eigenvalue weighted by Crippen LogP contribution is 2.27. The molecule has 0 radical (unpaired) electrons. The number of aryl methyl sites for hydroxylation is 1. The van der Waals surface area contributed by atoms with E-state index >= 15 is 0 Å². The fourth-order valence-corrected chi connectivity index (χ4v) is 5.02. The Labute approximate surface area is 191 Å². The summed E-state index contributed by atoms with van der Waals surface area (Å²) in [5.41, 5.74) is 0.198. The summed E-state index contributed by atoms with van der Waals surface area (Å²) in [6, 6.07) is 7.72. The molecule has 2 heterocycles. The quantitative estimate of drug-likeness (QED) is 0.561. The van der Waals surface area contributed by atoms with E-state index in [1.807, 2.05) is 30.0 Å². The van der Waals surface area contributed by atoms with E-state index in [4.69, 9.17) is 0 Å². The van der Waals surface area contributed by atoms with Gasteiger partial charge >= 0.3 is 5.69 Å². The number of carbonyl (C=O) groups excluding carboxylic acids is 1. The standard InChI is InChI=1S/C23H30N4O4S/c1-14-8-6-11-17(12-14)24-20(19-21(29)25(4)23(31)26(5)22(19)30)32-13-18(28)27-15(2)9-7-10-16(27)3/h6,8,11-12,15-16,29H,7,9-10,13H2,1-5H3/t15-,16-/m0/s1. The predicted molar refractivity (Wildman–Crippen MR) is 128 cm³/mol. The number of piperidine rings is 1. The van der Waals surface area contributed by atoms with Crippen LogP contribution in [-0.2, 0) is 18.9 Å². The van der Waals surface area contributed by atoms with E-state index in [2.05, 4.69) is 18.8 Å². The van der Waals surface area contributed by atoms with Gasteiger partial charge in [0, 0.05) is 26.2 Å². The molecule has 0 unspecified atom stereocenters. The lowest BCUT2D eigenvalue weighted by atomic mass is 9.98. The Morgan fingerprint density at radius 1 is 1.16 bits per heavy atom. The highest BCUT2D eigenvalue weighted by atomic mass is 32.2. The summed E-state index contributed by atoms with van der Waals surface area (Å²) in [6.07, 6.45) is 3.03. The molecule has 2 atom stereocenters. The Morgan fingerprint density at radius 2 is 1.81 bits per heavy atom. The maximum Gasteiger partial charge on any atom is 0.333 e. The number of hydrogen-bond donors (Lipinski definition) is 1. The van der Waals surface area contributed by atoms with Gasteiger partial charge in [-0.15, -0.1) is 0 Å². The molecular weight excluding hydrogens is 428 g/mol. The van der Waals surface area contributed by atoms with Crippen molar-refractivity contribution in [2.75, 3.05) is 5.75 Å². The van der Waals surface area contributed by atoms with Crippen LogP contribution in [-0.4, -0.2) is 47.9 Å². The van der Waals surface area contributed by atoms with Gasteiger partial charge in [0.15, 0.2) is 0 Å². The number of nitrogens with zero attached hydrogens (tertiary/aromatic N) is 4. The van der Waals surface area contributed by atoms with Crippen LogP contribution >= 0.6 is 11.8 Å². The van der Waals surface area contributed by atoms with Gasteiger partial charge in [-0.1, -0.05) is 23.9 Å². The van der Waals surface area contributed by atoms with E-state index in [9.17, 15) is 19.5 Å². The Morgan fingerprint density at radius 3 is 2.44 bits per heavy atom. The van der Waals surface area contributed by atoms with Crippen molar-refractivity contribution < 1.29 is 9.90 Å². The highest BCUT2D eigenvalue weighted by molar-refractivity contribution is 8.15. The molecule has 0 spiro atoms. The van der Waals surface area contributed by atoms with Crippen molar-refractivity contribution in [2.24, 2.45) is 19.1 Å². The number of hydrogen-bond acceptors (Lipinski definition) is 6. The molecule has 1 aliphatic rings. The number of carbonyl (C=O) groups is 1. The van der Waals surface area contributed by atoms with Crippen LogP contribution in [0.15, 0.2) is 38.8 Å². The largest absolute Gasteiger partial charge is 0.494 e. The SMILES string of the molecule is Cc1cccc(N=C(SCC(=O)N2[C@@H](C)CCC[C@@H]2C)c2c(O)n(C)c(=O)n(C)c2=O)c1. The number of rotatable bonds is 4. The summed E-state index contributed by atoms with van der Waals surface area (Å²) < 4.78 is 1.93. The lowest BCUT2D eigenvalue weighted by Crippen LogP contribution is -2.48. The van der Waals surface area contributed by atoms with Gasteiger partial charge in [0.05, 0.1) is 11.4 Å². The average Bonchev–Trinajstić information content (AvgIpc) is 2.74. The van der Waals surface area contributed by atoms with Gasteiger partial charge in [-0.25, -0.2) is 9.79 Å². The van der Waals surface area contributed by atoms with Crippen molar-refractivity contribution in [2.45, 2.75) is 52.1 Å². The number of thioether (sulfide) groups is 1. The first kappa shape index (κ1) is 23.8. The average molecular weight is 459 g/mol. The molecule has 1 aromatic carbocycles. The van der Waals surface area contributed by atoms with Crippen molar-refractivity contribution >= 4 is 28.4 Å². The molecule has 1 aromatic heterocycles. The fraction of sp³-hybridized carbons (Fsp3) is 0.478. The van der Waals surface area contributed by atoms with Crippen molar-refractivity contribution in [3.8, 4) is 5.88 Å². The molecule has 0 aliphatic carbocycles. The molecule has 1 saturated heterocycles. The van der Waals surface area contributed by atoms with Crippen molar-refractivity contribution in [1.82, 2.24) is 14.0 Å². The van der Waals surface area contributed by atoms with Crippen LogP contribution in [0, 0.1) is 6.92 Å². The maximum atomic E-state index is 13.1. The minimum Gasteiger partial charge on any atom is -0.494 e. The minimum absolute atomic E-state index is 0.0345. The molecule has 8 nitrogen and oxygen atoms in total. The van der Waals surface area contributed by atoms with Crippen LogP contribution in [0.4, 0.5) is 5.69 Å². The lowest BCUT2D eigenvalue weighted by Gasteiger charge is -2.39. The van der Waals surface area contributed by atoms with Crippen LogP contribution in [0.1, 0.15) is 44.2 Å². The van der Waals surface area contributed by atoms with E-state index in [0.29, 0.717) is 5.69 Å². The second kappa shape index (κ2) is 9.77. The van der Waals surface area contributed by atoms with Crippen molar-refractivity contribution in [3.05, 3.63) is 56.2 Å². The molecule has 1 aliphatic heterocycles. The van der Waals surface area contributed by atoms with Gasteiger partial charge in [0.25, 0.3) is 5.56 Å². The number of likely N-dealkylation sites (tertiary alicyclic amines) is 1. The van der Waals surface area contributed by atoms with Crippen LogP contribution in [0.2, 0.25) is 0 Å². The van der Waals surface area contributed by atoms with Crippen LogP contribution < -0.4 is 11.2 Å². The van der Waals surface area contributed by atoms with Gasteiger partial charge in [0.2, 0.25) is 11.8 Å². The summed E-state index contributed by atoms with van der Waals surface area (Å²) in [4.78, 5) is 44.7. The number of benzene rings is 1. The Kier molecular flexibility index (Phi) is 7.28. The third-order valence-electron chi connectivity index (χ3n) is 5.89. The number of amides is 1. The Balaban J connectivity index is 2.03. The third-order valence-corrected chi connectivity index (χ3v) is 6.85. The first-order valence-corrected chi connectivity index (χ1v) is 11.7. The monoisotopic (exact) mass is 458 g/mol. The molecule has 9 heteroatoms. The highest BCUT2D eigenvalue weighted by Gasteiger charge is 2.30. The van der Waals surface area contributed by atoms with Crippen LogP contribution in [0.25, 0.3) is 0 Å². The molecule has 32 heavy (non-hydrogen) atoms. The number of aromatic nitrogens is 2. The first-order chi connectivity index (χ1) is 15.1. The van der Waals surface area contributed by atoms with Gasteiger partial charge in [0.1, 0.15) is 10.6 Å². The Hall–Kier alpha value is -2.81. The van der Waals surface area contributed by atoms with E-state index in [1.165, 1.54) is 14.1 Å². The third kappa shape index (κ3) is 4.82. The summed E-state index contributed by atoms with van der Waals surface area (Å²) >= 11 is 1.10. The molecular formula is C23H30N4O4S. The molecule has 1 fully saturated rings. The second-order valence-corrected chi connectivity index (χ2v) is 9.34. The maximum absolute atomic E-state index is 13.1.